The fourth-order valence-corrected chi connectivity index (χ4v) is 2.85. The Balaban J connectivity index is 1.98. The lowest BCUT2D eigenvalue weighted by atomic mass is 10.0. The molecule has 1 aliphatic carbocycles. The van der Waals surface area contributed by atoms with Crippen LogP contribution in [0.15, 0.2) is 0 Å². The smallest absolute Gasteiger partial charge is 0.225 e. The molecule has 1 saturated heterocycles. The molecule has 15 heavy (non-hydrogen) atoms. The van der Waals surface area contributed by atoms with E-state index >= 15 is 0 Å². The molecule has 0 aromatic rings. The highest BCUT2D eigenvalue weighted by Crippen LogP contribution is 2.53. The number of methoxy groups -OCH3 is 1. The third-order valence-electron chi connectivity index (χ3n) is 3.85. The summed E-state index contributed by atoms with van der Waals surface area (Å²) in [5.41, 5.74) is 5.84. The zero-order chi connectivity index (χ0) is 10.9. The van der Waals surface area contributed by atoms with Gasteiger partial charge in [0.05, 0.1) is 18.6 Å². The summed E-state index contributed by atoms with van der Waals surface area (Å²) >= 11 is 0. The molecule has 2 rings (SSSR count). The Kier molecular flexibility index (Phi) is 2.98. The van der Waals surface area contributed by atoms with Crippen LogP contribution < -0.4 is 5.73 Å². The molecule has 0 bridgehead atoms. The Labute approximate surface area is 90.8 Å². The van der Waals surface area contributed by atoms with Gasteiger partial charge in [-0.15, -0.1) is 0 Å². The third-order valence-corrected chi connectivity index (χ3v) is 3.85. The fourth-order valence-electron chi connectivity index (χ4n) is 2.85. The average molecular weight is 212 g/mol. The van der Waals surface area contributed by atoms with Crippen LogP contribution in [-0.4, -0.2) is 43.2 Å². The minimum atomic E-state index is 0.0308. The number of carbonyl (C=O) groups is 1. The second kappa shape index (κ2) is 4.10. The monoisotopic (exact) mass is 212 g/mol. The van der Waals surface area contributed by atoms with E-state index in [9.17, 15) is 4.79 Å². The predicted octanol–water partition coefficient (Wildman–Crippen LogP) is 0.363. The van der Waals surface area contributed by atoms with E-state index in [1.165, 1.54) is 6.42 Å². The first-order valence-corrected chi connectivity index (χ1v) is 5.74. The van der Waals surface area contributed by atoms with Crippen molar-refractivity contribution in [2.45, 2.75) is 31.2 Å². The number of rotatable bonds is 4. The topological polar surface area (TPSA) is 55.6 Å². The molecule has 0 aromatic carbocycles. The van der Waals surface area contributed by atoms with E-state index in [0.29, 0.717) is 25.5 Å². The van der Waals surface area contributed by atoms with Gasteiger partial charge >= 0.3 is 0 Å². The lowest BCUT2D eigenvalue weighted by molar-refractivity contribution is -0.136. The van der Waals surface area contributed by atoms with Crippen molar-refractivity contribution >= 4 is 5.91 Å². The van der Waals surface area contributed by atoms with Gasteiger partial charge in [-0.25, -0.2) is 0 Å². The first-order chi connectivity index (χ1) is 7.24. The molecule has 4 heteroatoms. The van der Waals surface area contributed by atoms with Crippen LogP contribution in [0.2, 0.25) is 0 Å². The molecule has 4 nitrogen and oxygen atoms in total. The van der Waals surface area contributed by atoms with Gasteiger partial charge in [0.2, 0.25) is 5.91 Å². The van der Waals surface area contributed by atoms with E-state index in [4.69, 9.17) is 10.5 Å². The molecular formula is C11H20N2O2. The summed E-state index contributed by atoms with van der Waals surface area (Å²) in [7, 11) is 1.63. The average Bonchev–Trinajstić information content (AvgIpc) is 3.00. The fraction of sp³-hybridized carbons (Fsp3) is 0.909. The Morgan fingerprint density at radius 2 is 2.47 bits per heavy atom. The lowest BCUT2D eigenvalue weighted by Crippen LogP contribution is -2.50. The van der Waals surface area contributed by atoms with E-state index in [1.54, 1.807) is 7.11 Å². The zero-order valence-electron chi connectivity index (χ0n) is 9.37. The number of hydrogen-bond acceptors (Lipinski definition) is 3. The van der Waals surface area contributed by atoms with Crippen molar-refractivity contribution in [3.63, 3.8) is 0 Å². The van der Waals surface area contributed by atoms with Crippen LogP contribution in [-0.2, 0) is 9.53 Å². The number of hydrogen-bond donors (Lipinski definition) is 1. The number of nitrogens with two attached hydrogens (primary N) is 1. The van der Waals surface area contributed by atoms with Gasteiger partial charge < -0.3 is 15.4 Å². The minimum absolute atomic E-state index is 0.0308. The lowest BCUT2D eigenvalue weighted by Gasteiger charge is -2.36. The Morgan fingerprint density at radius 1 is 1.67 bits per heavy atom. The summed E-state index contributed by atoms with van der Waals surface area (Å²) < 4.78 is 4.94. The molecule has 2 N–H and O–H groups in total. The molecule has 86 valence electrons. The van der Waals surface area contributed by atoms with Gasteiger partial charge in [0.15, 0.2) is 0 Å². The van der Waals surface area contributed by atoms with Crippen LogP contribution in [0, 0.1) is 5.92 Å². The van der Waals surface area contributed by atoms with Crippen molar-refractivity contribution < 1.29 is 9.53 Å². The van der Waals surface area contributed by atoms with E-state index < -0.39 is 0 Å². The molecule has 2 unspecified atom stereocenters. The van der Waals surface area contributed by atoms with Crippen molar-refractivity contribution in [2.75, 3.05) is 26.8 Å². The quantitative estimate of drug-likeness (QED) is 0.732. The van der Waals surface area contributed by atoms with Gasteiger partial charge in [-0.3, -0.25) is 4.79 Å². The SMILES string of the molecule is COCCC(=O)N1CCCC2CC21CN. The van der Waals surface area contributed by atoms with Crippen molar-refractivity contribution in [2.24, 2.45) is 11.7 Å². The van der Waals surface area contributed by atoms with E-state index in [2.05, 4.69) is 0 Å². The Hall–Kier alpha value is -0.610. The number of amides is 1. The van der Waals surface area contributed by atoms with E-state index in [-0.39, 0.29) is 11.4 Å². The molecule has 1 amide bonds. The second-order valence-corrected chi connectivity index (χ2v) is 4.64. The number of likely N-dealkylation sites (tertiary alicyclic amines) is 1. The largest absolute Gasteiger partial charge is 0.384 e. The standard InChI is InChI=1S/C11H20N2O2/c1-15-6-4-10(14)13-5-2-3-9-7-11(9,13)8-12/h9H,2-8,12H2,1H3. The number of fused-ring (bicyclic) bond motifs is 1. The van der Waals surface area contributed by atoms with Crippen LogP contribution in [0.1, 0.15) is 25.7 Å². The first kappa shape index (κ1) is 10.9. The van der Waals surface area contributed by atoms with Crippen molar-refractivity contribution in [3.05, 3.63) is 0 Å². The van der Waals surface area contributed by atoms with Crippen LogP contribution in [0.4, 0.5) is 0 Å². The second-order valence-electron chi connectivity index (χ2n) is 4.64. The Bertz CT molecular complexity index is 257. The number of piperidine rings is 1. The molecule has 1 aliphatic heterocycles. The van der Waals surface area contributed by atoms with E-state index in [1.807, 2.05) is 4.90 Å². The number of nitrogens with zero attached hydrogens (tertiary/aromatic N) is 1. The maximum atomic E-state index is 11.9. The zero-order valence-corrected chi connectivity index (χ0v) is 9.37. The highest BCUT2D eigenvalue weighted by atomic mass is 16.5. The summed E-state index contributed by atoms with van der Waals surface area (Å²) in [6.07, 6.45) is 3.98. The van der Waals surface area contributed by atoms with Crippen LogP contribution >= 0.6 is 0 Å². The normalized spacial score (nSPS) is 33.7. The molecule has 2 fully saturated rings. The van der Waals surface area contributed by atoms with Gasteiger partial charge in [0.1, 0.15) is 0 Å². The molecule has 2 aliphatic rings. The third kappa shape index (κ3) is 1.76. The van der Waals surface area contributed by atoms with Crippen molar-refractivity contribution in [3.8, 4) is 0 Å². The summed E-state index contributed by atoms with van der Waals surface area (Å²) in [5.74, 6) is 0.882. The highest BCUT2D eigenvalue weighted by molar-refractivity contribution is 5.78. The van der Waals surface area contributed by atoms with Gasteiger partial charge in [-0.1, -0.05) is 0 Å². The molecular weight excluding hydrogens is 192 g/mol. The van der Waals surface area contributed by atoms with Crippen LogP contribution in [0.25, 0.3) is 0 Å². The summed E-state index contributed by atoms with van der Waals surface area (Å²) in [5, 5.41) is 0. The van der Waals surface area contributed by atoms with Crippen molar-refractivity contribution in [1.29, 1.82) is 0 Å². The number of ether oxygens (including phenoxy) is 1. The predicted molar refractivity (Wildman–Crippen MR) is 57.3 cm³/mol. The van der Waals surface area contributed by atoms with E-state index in [0.717, 1.165) is 19.4 Å². The molecule has 0 radical (unpaired) electrons. The van der Waals surface area contributed by atoms with Gasteiger partial charge in [-0.2, -0.15) is 0 Å². The molecule has 2 atom stereocenters. The molecule has 1 saturated carbocycles. The molecule has 1 heterocycles. The highest BCUT2D eigenvalue weighted by Gasteiger charge is 2.59. The number of carbonyl (C=O) groups excluding carboxylic acids is 1. The maximum absolute atomic E-state index is 11.9. The maximum Gasteiger partial charge on any atom is 0.225 e. The van der Waals surface area contributed by atoms with Crippen LogP contribution in [0.3, 0.4) is 0 Å². The summed E-state index contributed by atoms with van der Waals surface area (Å²) in [6, 6.07) is 0. The molecule has 0 aromatic heterocycles. The van der Waals surface area contributed by atoms with Crippen LogP contribution in [0.5, 0.6) is 0 Å². The summed E-state index contributed by atoms with van der Waals surface area (Å²) in [6.45, 7) is 2.02. The minimum Gasteiger partial charge on any atom is -0.384 e. The van der Waals surface area contributed by atoms with Gasteiger partial charge in [-0.05, 0) is 25.2 Å². The summed E-state index contributed by atoms with van der Waals surface area (Å²) in [4.78, 5) is 14.0. The Morgan fingerprint density at radius 3 is 3.13 bits per heavy atom. The van der Waals surface area contributed by atoms with Gasteiger partial charge in [0, 0.05) is 20.2 Å². The van der Waals surface area contributed by atoms with Gasteiger partial charge in [0.25, 0.3) is 0 Å². The first-order valence-electron chi connectivity index (χ1n) is 5.74. The van der Waals surface area contributed by atoms with Crippen molar-refractivity contribution in [1.82, 2.24) is 4.90 Å². The molecule has 0 spiro atoms.